The molecule has 2 aromatic rings. The Kier molecular flexibility index (Phi) is 3.59. The van der Waals surface area contributed by atoms with E-state index in [4.69, 9.17) is 4.74 Å². The van der Waals surface area contributed by atoms with Gasteiger partial charge in [-0.25, -0.2) is 4.98 Å². The number of aromatic nitrogens is 1. The Morgan fingerprint density at radius 2 is 2.30 bits per heavy atom. The second-order valence-electron chi connectivity index (χ2n) is 5.57. The van der Waals surface area contributed by atoms with Crippen molar-refractivity contribution in [3.63, 3.8) is 0 Å². The molecule has 3 heterocycles. The lowest BCUT2D eigenvalue weighted by Crippen LogP contribution is -2.20. The zero-order chi connectivity index (χ0) is 15.8. The Hall–Kier alpha value is -2.25. The summed E-state index contributed by atoms with van der Waals surface area (Å²) in [5, 5.41) is 6.20. The van der Waals surface area contributed by atoms with Crippen LogP contribution >= 0.6 is 11.3 Å². The van der Waals surface area contributed by atoms with Crippen molar-refractivity contribution in [2.75, 3.05) is 17.2 Å². The van der Waals surface area contributed by atoms with Gasteiger partial charge in [-0.05, 0) is 11.6 Å². The fraction of sp³-hybridized carbons (Fsp3) is 0.312. The van der Waals surface area contributed by atoms with Crippen LogP contribution in [0.5, 0.6) is 0 Å². The van der Waals surface area contributed by atoms with Crippen LogP contribution in [0.1, 0.15) is 28.5 Å². The van der Waals surface area contributed by atoms with Gasteiger partial charge in [0, 0.05) is 18.5 Å². The van der Waals surface area contributed by atoms with Crippen LogP contribution in [0.15, 0.2) is 24.3 Å². The third-order valence-corrected chi connectivity index (χ3v) is 5.03. The summed E-state index contributed by atoms with van der Waals surface area (Å²) in [6, 6.07) is 7.47. The van der Waals surface area contributed by atoms with Gasteiger partial charge in [-0.1, -0.05) is 29.5 Å². The molecular formula is C16H15N3O3S. The van der Waals surface area contributed by atoms with E-state index in [2.05, 4.69) is 15.6 Å². The Balaban J connectivity index is 1.46. The first-order chi connectivity index (χ1) is 11.2. The fourth-order valence-corrected chi connectivity index (χ4v) is 3.87. The molecule has 2 aliphatic rings. The van der Waals surface area contributed by atoms with Gasteiger partial charge in [0.1, 0.15) is 0 Å². The van der Waals surface area contributed by atoms with Crippen molar-refractivity contribution in [1.29, 1.82) is 0 Å². The summed E-state index contributed by atoms with van der Waals surface area (Å²) < 4.78 is 5.38. The van der Waals surface area contributed by atoms with Crippen LogP contribution in [0.3, 0.4) is 0 Å². The Morgan fingerprint density at radius 3 is 3.17 bits per heavy atom. The number of carbonyl (C=O) groups is 2. The van der Waals surface area contributed by atoms with Gasteiger partial charge < -0.3 is 15.4 Å². The van der Waals surface area contributed by atoms with E-state index < -0.39 is 5.92 Å². The number of hydrogen-bond acceptors (Lipinski definition) is 5. The van der Waals surface area contributed by atoms with Crippen molar-refractivity contribution in [3.8, 4) is 0 Å². The van der Waals surface area contributed by atoms with Gasteiger partial charge in [-0.3, -0.25) is 9.59 Å². The highest BCUT2D eigenvalue weighted by Gasteiger charge is 2.32. The molecule has 0 bridgehead atoms. The topological polar surface area (TPSA) is 80.3 Å². The SMILES string of the molecule is O=C(CC1C(=O)Nc2ccccc21)Nc1nc2c(s1)COCC2. The molecule has 0 fully saturated rings. The van der Waals surface area contributed by atoms with Crippen LogP contribution in [-0.4, -0.2) is 23.4 Å². The molecule has 2 N–H and O–H groups in total. The molecular weight excluding hydrogens is 314 g/mol. The molecule has 6 nitrogen and oxygen atoms in total. The van der Waals surface area contributed by atoms with Gasteiger partial charge >= 0.3 is 0 Å². The fourth-order valence-electron chi connectivity index (χ4n) is 2.91. The van der Waals surface area contributed by atoms with Gasteiger partial charge in [0.2, 0.25) is 11.8 Å². The lowest BCUT2D eigenvalue weighted by Gasteiger charge is -2.08. The van der Waals surface area contributed by atoms with E-state index >= 15 is 0 Å². The average molecular weight is 329 g/mol. The number of nitrogens with zero attached hydrogens (tertiary/aromatic N) is 1. The van der Waals surface area contributed by atoms with Crippen LogP contribution in [-0.2, 0) is 27.4 Å². The summed E-state index contributed by atoms with van der Waals surface area (Å²) in [7, 11) is 0. The quantitative estimate of drug-likeness (QED) is 0.905. The molecule has 2 amide bonds. The molecule has 0 saturated carbocycles. The molecule has 0 spiro atoms. The Labute approximate surface area is 136 Å². The number of benzene rings is 1. The monoisotopic (exact) mass is 329 g/mol. The van der Waals surface area contributed by atoms with Gasteiger partial charge in [0.05, 0.1) is 29.7 Å². The third kappa shape index (κ3) is 2.73. The van der Waals surface area contributed by atoms with Crippen molar-refractivity contribution in [1.82, 2.24) is 4.98 Å². The number of nitrogens with one attached hydrogen (secondary N) is 2. The highest BCUT2D eigenvalue weighted by Crippen LogP contribution is 2.35. The molecule has 0 aliphatic carbocycles. The van der Waals surface area contributed by atoms with Gasteiger partial charge in [-0.15, -0.1) is 0 Å². The molecule has 118 valence electrons. The summed E-state index contributed by atoms with van der Waals surface area (Å²) in [5.41, 5.74) is 2.66. The van der Waals surface area contributed by atoms with Crippen molar-refractivity contribution in [2.24, 2.45) is 0 Å². The first kappa shape index (κ1) is 14.3. The van der Waals surface area contributed by atoms with Gasteiger partial charge in [0.25, 0.3) is 0 Å². The number of fused-ring (bicyclic) bond motifs is 2. The van der Waals surface area contributed by atoms with Crippen LogP contribution in [0.25, 0.3) is 0 Å². The first-order valence-corrected chi connectivity index (χ1v) is 8.28. The number of rotatable bonds is 3. The van der Waals surface area contributed by atoms with Gasteiger partial charge in [0.15, 0.2) is 5.13 Å². The Bertz CT molecular complexity index is 763. The number of carbonyl (C=O) groups excluding carboxylic acids is 2. The molecule has 1 unspecified atom stereocenters. The van der Waals surface area contributed by atoms with Crippen molar-refractivity contribution >= 4 is 34.0 Å². The average Bonchev–Trinajstić information content (AvgIpc) is 3.08. The smallest absolute Gasteiger partial charge is 0.232 e. The number of anilines is 2. The normalized spacial score (nSPS) is 19.0. The molecule has 4 rings (SSSR count). The van der Waals surface area contributed by atoms with Crippen molar-refractivity contribution in [3.05, 3.63) is 40.4 Å². The highest BCUT2D eigenvalue weighted by atomic mass is 32.1. The largest absolute Gasteiger partial charge is 0.375 e. The molecule has 0 radical (unpaired) electrons. The molecule has 7 heteroatoms. The number of amides is 2. The zero-order valence-electron chi connectivity index (χ0n) is 12.3. The third-order valence-electron chi connectivity index (χ3n) is 4.04. The van der Waals surface area contributed by atoms with Crippen LogP contribution < -0.4 is 10.6 Å². The van der Waals surface area contributed by atoms with Crippen molar-refractivity contribution in [2.45, 2.75) is 25.4 Å². The second kappa shape index (κ2) is 5.75. The molecule has 1 aromatic heterocycles. The molecule has 2 aliphatic heterocycles. The maximum Gasteiger partial charge on any atom is 0.232 e. The number of ether oxygens (including phenoxy) is 1. The summed E-state index contributed by atoms with van der Waals surface area (Å²) in [6.07, 6.45) is 0.893. The minimum Gasteiger partial charge on any atom is -0.375 e. The number of hydrogen-bond donors (Lipinski definition) is 2. The maximum absolute atomic E-state index is 12.3. The lowest BCUT2D eigenvalue weighted by molar-refractivity contribution is -0.122. The predicted molar refractivity (Wildman–Crippen MR) is 86.5 cm³/mol. The van der Waals surface area contributed by atoms with E-state index in [9.17, 15) is 9.59 Å². The number of para-hydroxylation sites is 1. The maximum atomic E-state index is 12.3. The second-order valence-corrected chi connectivity index (χ2v) is 6.66. The predicted octanol–water partition coefficient (Wildman–Crippen LogP) is 2.28. The molecule has 1 atom stereocenters. The molecule has 1 aromatic carbocycles. The molecule has 0 saturated heterocycles. The van der Waals surface area contributed by atoms with Crippen LogP contribution in [0.4, 0.5) is 10.8 Å². The van der Waals surface area contributed by atoms with Crippen LogP contribution in [0, 0.1) is 0 Å². The van der Waals surface area contributed by atoms with Gasteiger partial charge in [-0.2, -0.15) is 0 Å². The summed E-state index contributed by atoms with van der Waals surface area (Å²) >= 11 is 1.44. The van der Waals surface area contributed by atoms with Crippen LogP contribution in [0.2, 0.25) is 0 Å². The number of thiazole rings is 1. The van der Waals surface area contributed by atoms with E-state index in [1.807, 2.05) is 24.3 Å². The minimum atomic E-state index is -0.441. The van der Waals surface area contributed by atoms with E-state index in [0.717, 1.165) is 28.2 Å². The van der Waals surface area contributed by atoms with E-state index in [-0.39, 0.29) is 18.2 Å². The standard InChI is InChI=1S/C16H15N3O3S/c20-14(19-16-18-12-5-6-22-8-13(12)23-16)7-10-9-3-1-2-4-11(9)17-15(10)21/h1-4,10H,5-8H2,(H,17,21)(H,18,19,20). The summed E-state index contributed by atoms with van der Waals surface area (Å²) in [5.74, 6) is -0.772. The van der Waals surface area contributed by atoms with E-state index in [1.165, 1.54) is 11.3 Å². The Morgan fingerprint density at radius 1 is 1.43 bits per heavy atom. The first-order valence-electron chi connectivity index (χ1n) is 7.46. The molecule has 23 heavy (non-hydrogen) atoms. The summed E-state index contributed by atoms with van der Waals surface area (Å²) in [4.78, 5) is 29.8. The van der Waals surface area contributed by atoms with E-state index in [0.29, 0.717) is 18.3 Å². The lowest BCUT2D eigenvalue weighted by atomic mass is 9.97. The zero-order valence-corrected chi connectivity index (χ0v) is 13.1. The van der Waals surface area contributed by atoms with E-state index in [1.54, 1.807) is 0 Å². The minimum absolute atomic E-state index is 0.115. The highest BCUT2D eigenvalue weighted by molar-refractivity contribution is 7.15. The van der Waals surface area contributed by atoms with Crippen molar-refractivity contribution < 1.29 is 14.3 Å². The summed E-state index contributed by atoms with van der Waals surface area (Å²) in [6.45, 7) is 1.23.